The van der Waals surface area contributed by atoms with Crippen LogP contribution in [-0.4, -0.2) is 30.1 Å². The third-order valence-corrected chi connectivity index (χ3v) is 4.25. The number of piperidine rings is 1. The van der Waals surface area contributed by atoms with Crippen LogP contribution in [-0.2, 0) is 0 Å². The van der Waals surface area contributed by atoms with Crippen molar-refractivity contribution in [2.24, 2.45) is 0 Å². The first kappa shape index (κ1) is 15.2. The van der Waals surface area contributed by atoms with Gasteiger partial charge in [-0.05, 0) is 49.9 Å². The quantitative estimate of drug-likeness (QED) is 0.856. The van der Waals surface area contributed by atoms with Crippen molar-refractivity contribution in [3.05, 3.63) is 24.3 Å². The van der Waals surface area contributed by atoms with Gasteiger partial charge in [-0.3, -0.25) is 0 Å². The van der Waals surface area contributed by atoms with Crippen molar-refractivity contribution in [1.29, 1.82) is 0 Å². The van der Waals surface area contributed by atoms with E-state index in [0.717, 1.165) is 30.3 Å². The fourth-order valence-electron chi connectivity index (χ4n) is 2.85. The maximum absolute atomic E-state index is 6.01. The molecule has 112 valence electrons. The molecule has 2 N–H and O–H groups in total. The van der Waals surface area contributed by atoms with E-state index in [1.807, 2.05) is 38.1 Å². The second-order valence-electron chi connectivity index (χ2n) is 5.51. The molecule has 1 aromatic carbocycles. The summed E-state index contributed by atoms with van der Waals surface area (Å²) >= 11 is 0. The summed E-state index contributed by atoms with van der Waals surface area (Å²) in [5.41, 5.74) is 6.46. The van der Waals surface area contributed by atoms with Gasteiger partial charge >= 0.3 is 0 Å². The normalized spacial score (nSPS) is 20.7. The summed E-state index contributed by atoms with van der Waals surface area (Å²) in [6, 6.07) is 8.61. The number of likely N-dealkylation sites (tertiary alicyclic amines) is 1. The molecule has 1 saturated carbocycles. The number of hydrogen-bond acceptors (Lipinski definition) is 3. The van der Waals surface area contributed by atoms with Crippen molar-refractivity contribution in [3.8, 4) is 5.75 Å². The minimum absolute atomic E-state index is 0.380. The van der Waals surface area contributed by atoms with E-state index in [-0.39, 0.29) is 0 Å². The number of ether oxygens (including phenoxy) is 1. The Morgan fingerprint density at radius 2 is 1.60 bits per heavy atom. The molecule has 0 atom stereocenters. The third-order valence-electron chi connectivity index (χ3n) is 4.25. The van der Waals surface area contributed by atoms with Crippen LogP contribution < -0.4 is 10.5 Å². The topological polar surface area (TPSA) is 38.5 Å². The Kier molecular flexibility index (Phi) is 5.72. The summed E-state index contributed by atoms with van der Waals surface area (Å²) in [6.45, 7) is 6.40. The first-order chi connectivity index (χ1) is 9.81. The molecule has 20 heavy (non-hydrogen) atoms. The lowest BCUT2D eigenvalue weighted by molar-refractivity contribution is 0.0493. The number of hydrogen-bond donors (Lipinski definition) is 1. The van der Waals surface area contributed by atoms with Gasteiger partial charge in [-0.1, -0.05) is 20.3 Å². The molecule has 3 nitrogen and oxygen atoms in total. The van der Waals surface area contributed by atoms with E-state index >= 15 is 0 Å². The Morgan fingerprint density at radius 1 is 1.00 bits per heavy atom. The van der Waals surface area contributed by atoms with E-state index in [0.29, 0.717) is 6.10 Å². The van der Waals surface area contributed by atoms with Gasteiger partial charge < -0.3 is 15.4 Å². The molecule has 0 bridgehead atoms. The van der Waals surface area contributed by atoms with Gasteiger partial charge in [0.05, 0.1) is 0 Å². The predicted octanol–water partition coefficient (Wildman–Crippen LogP) is 3.69. The minimum atomic E-state index is 0.380. The fourth-order valence-corrected chi connectivity index (χ4v) is 2.85. The molecule has 1 aromatic rings. The summed E-state index contributed by atoms with van der Waals surface area (Å²) in [7, 11) is 0. The zero-order chi connectivity index (χ0) is 14.4. The lowest BCUT2D eigenvalue weighted by Crippen LogP contribution is -2.46. The van der Waals surface area contributed by atoms with E-state index in [2.05, 4.69) is 4.90 Å². The number of rotatable bonds is 3. The lowest BCUT2D eigenvalue weighted by atomic mass is 9.90. The Morgan fingerprint density at radius 3 is 2.10 bits per heavy atom. The zero-order valence-electron chi connectivity index (χ0n) is 12.8. The SMILES string of the molecule is CC.Nc1ccc(OC2CCN(C3CCC3)CC2)cc1. The highest BCUT2D eigenvalue weighted by Crippen LogP contribution is 2.28. The number of anilines is 1. The smallest absolute Gasteiger partial charge is 0.119 e. The fraction of sp³-hybridized carbons (Fsp3) is 0.647. The van der Waals surface area contributed by atoms with E-state index in [1.54, 1.807) is 0 Å². The van der Waals surface area contributed by atoms with Crippen LogP contribution >= 0.6 is 0 Å². The predicted molar refractivity (Wildman–Crippen MR) is 85.1 cm³/mol. The van der Waals surface area contributed by atoms with Crippen molar-refractivity contribution in [2.45, 2.75) is 58.1 Å². The second-order valence-corrected chi connectivity index (χ2v) is 5.51. The molecule has 0 spiro atoms. The molecule has 0 unspecified atom stereocenters. The Hall–Kier alpha value is -1.22. The maximum Gasteiger partial charge on any atom is 0.119 e. The van der Waals surface area contributed by atoms with Crippen LogP contribution in [0.1, 0.15) is 46.0 Å². The van der Waals surface area contributed by atoms with Crippen LogP contribution in [0.3, 0.4) is 0 Å². The van der Waals surface area contributed by atoms with Gasteiger partial charge in [-0.15, -0.1) is 0 Å². The Bertz CT molecular complexity index is 378. The van der Waals surface area contributed by atoms with Crippen LogP contribution in [0.25, 0.3) is 0 Å². The largest absolute Gasteiger partial charge is 0.490 e. The van der Waals surface area contributed by atoms with E-state index in [9.17, 15) is 0 Å². The average Bonchev–Trinajstić information content (AvgIpc) is 2.44. The van der Waals surface area contributed by atoms with Crippen LogP contribution in [0.4, 0.5) is 5.69 Å². The van der Waals surface area contributed by atoms with E-state index < -0.39 is 0 Å². The summed E-state index contributed by atoms with van der Waals surface area (Å²) < 4.78 is 6.01. The second kappa shape index (κ2) is 7.53. The van der Waals surface area contributed by atoms with Gasteiger partial charge in [0.25, 0.3) is 0 Å². The maximum atomic E-state index is 6.01. The van der Waals surface area contributed by atoms with Crippen molar-refractivity contribution >= 4 is 5.69 Å². The van der Waals surface area contributed by atoms with Crippen molar-refractivity contribution in [2.75, 3.05) is 18.8 Å². The Balaban J connectivity index is 0.000000704. The molecule has 1 heterocycles. The summed E-state index contributed by atoms with van der Waals surface area (Å²) in [5.74, 6) is 0.950. The molecule has 1 aliphatic carbocycles. The highest BCUT2D eigenvalue weighted by atomic mass is 16.5. The van der Waals surface area contributed by atoms with Gasteiger partial charge in [0, 0.05) is 24.8 Å². The highest BCUT2D eigenvalue weighted by Gasteiger charge is 2.29. The molecule has 0 aromatic heterocycles. The summed E-state index contributed by atoms with van der Waals surface area (Å²) in [6.07, 6.45) is 6.92. The van der Waals surface area contributed by atoms with Crippen molar-refractivity contribution in [3.63, 3.8) is 0 Å². The molecule has 3 heteroatoms. The average molecular weight is 276 g/mol. The van der Waals surface area contributed by atoms with Crippen molar-refractivity contribution < 1.29 is 4.74 Å². The third kappa shape index (κ3) is 3.89. The van der Waals surface area contributed by atoms with Gasteiger partial charge in [0.1, 0.15) is 11.9 Å². The van der Waals surface area contributed by atoms with Gasteiger partial charge in [0.2, 0.25) is 0 Å². The molecule has 3 rings (SSSR count). The highest BCUT2D eigenvalue weighted by molar-refractivity contribution is 5.41. The van der Waals surface area contributed by atoms with E-state index in [1.165, 1.54) is 32.4 Å². The number of nitrogen functional groups attached to an aromatic ring is 1. The molecule has 1 saturated heterocycles. The molecular weight excluding hydrogens is 248 g/mol. The number of nitrogens with two attached hydrogens (primary N) is 1. The number of benzene rings is 1. The molecule has 2 aliphatic rings. The van der Waals surface area contributed by atoms with Crippen LogP contribution in [0.15, 0.2) is 24.3 Å². The van der Waals surface area contributed by atoms with Crippen molar-refractivity contribution in [1.82, 2.24) is 4.90 Å². The van der Waals surface area contributed by atoms with Gasteiger partial charge in [0.15, 0.2) is 0 Å². The van der Waals surface area contributed by atoms with Gasteiger partial charge in [-0.25, -0.2) is 0 Å². The standard InChI is InChI=1S/C15H22N2O.C2H6/c16-12-4-6-14(7-5-12)18-15-8-10-17(11-9-15)13-2-1-3-13;1-2/h4-7,13,15H,1-3,8-11,16H2;1-2H3. The summed E-state index contributed by atoms with van der Waals surface area (Å²) in [4.78, 5) is 2.65. The van der Waals surface area contributed by atoms with Crippen LogP contribution in [0.2, 0.25) is 0 Å². The zero-order valence-corrected chi connectivity index (χ0v) is 12.8. The number of nitrogens with zero attached hydrogens (tertiary/aromatic N) is 1. The molecule has 1 aliphatic heterocycles. The lowest BCUT2D eigenvalue weighted by Gasteiger charge is -2.41. The van der Waals surface area contributed by atoms with Crippen LogP contribution in [0.5, 0.6) is 5.75 Å². The molecule has 0 radical (unpaired) electrons. The molecule has 2 fully saturated rings. The Labute approximate surface area is 123 Å². The van der Waals surface area contributed by atoms with E-state index in [4.69, 9.17) is 10.5 Å². The first-order valence-corrected chi connectivity index (χ1v) is 8.07. The minimum Gasteiger partial charge on any atom is -0.490 e. The first-order valence-electron chi connectivity index (χ1n) is 8.07. The van der Waals surface area contributed by atoms with Crippen LogP contribution in [0, 0.1) is 0 Å². The summed E-state index contributed by atoms with van der Waals surface area (Å²) in [5, 5.41) is 0. The molecule has 0 amide bonds. The monoisotopic (exact) mass is 276 g/mol. The van der Waals surface area contributed by atoms with Gasteiger partial charge in [-0.2, -0.15) is 0 Å². The molecular formula is C17H28N2O.